The molecule has 1 aliphatic rings. The lowest BCUT2D eigenvalue weighted by Gasteiger charge is -2.32. The lowest BCUT2D eigenvalue weighted by molar-refractivity contribution is -0.132. The minimum absolute atomic E-state index is 0.243. The Morgan fingerprint density at radius 2 is 2.00 bits per heavy atom. The molecule has 3 rings (SSSR count). The predicted molar refractivity (Wildman–Crippen MR) is 87.0 cm³/mol. The number of aryl methyl sites for hydroxylation is 2. The summed E-state index contributed by atoms with van der Waals surface area (Å²) < 4.78 is 5.07. The number of aromatic nitrogens is 2. The van der Waals surface area contributed by atoms with Gasteiger partial charge in [0.25, 0.3) is 0 Å². The largest absolute Gasteiger partial charge is 0.343 e. The molecule has 2 heterocycles. The minimum Gasteiger partial charge on any atom is -0.343 e. The molecule has 5 nitrogen and oxygen atoms in total. The molecule has 1 fully saturated rings. The van der Waals surface area contributed by atoms with Crippen LogP contribution in [0.5, 0.6) is 0 Å². The van der Waals surface area contributed by atoms with Crippen molar-refractivity contribution < 1.29 is 9.32 Å². The fraction of sp³-hybridized carbons (Fsp3) is 0.500. The molecule has 122 valence electrons. The lowest BCUT2D eigenvalue weighted by atomic mass is 9.89. The fourth-order valence-corrected chi connectivity index (χ4v) is 3.18. The Morgan fingerprint density at radius 1 is 1.26 bits per heavy atom. The molecule has 1 aliphatic heterocycles. The number of hydrogen-bond donors (Lipinski definition) is 0. The summed E-state index contributed by atoms with van der Waals surface area (Å²) >= 11 is 0. The van der Waals surface area contributed by atoms with E-state index in [4.69, 9.17) is 4.52 Å². The van der Waals surface area contributed by atoms with Gasteiger partial charge in [-0.2, -0.15) is 4.98 Å². The van der Waals surface area contributed by atoms with E-state index >= 15 is 0 Å². The molecule has 1 amide bonds. The number of carbonyl (C=O) groups is 1. The Bertz CT molecular complexity index is 631. The van der Waals surface area contributed by atoms with Crippen LogP contribution >= 0.6 is 0 Å². The van der Waals surface area contributed by atoms with Crippen LogP contribution in [-0.2, 0) is 11.2 Å². The SMILES string of the molecule is Cc1noc(CCCC(=O)N2CCC(c3ccccc3)CC2)n1. The van der Waals surface area contributed by atoms with E-state index in [2.05, 4.69) is 34.4 Å². The van der Waals surface area contributed by atoms with Crippen LogP contribution in [-0.4, -0.2) is 34.0 Å². The molecule has 0 atom stereocenters. The highest BCUT2D eigenvalue weighted by Crippen LogP contribution is 2.28. The zero-order valence-electron chi connectivity index (χ0n) is 13.6. The van der Waals surface area contributed by atoms with Crippen LogP contribution in [0.1, 0.15) is 48.9 Å². The molecule has 0 bridgehead atoms. The molecule has 0 N–H and O–H groups in total. The monoisotopic (exact) mass is 313 g/mol. The first kappa shape index (κ1) is 15.7. The van der Waals surface area contributed by atoms with Gasteiger partial charge < -0.3 is 9.42 Å². The van der Waals surface area contributed by atoms with Crippen molar-refractivity contribution in [1.29, 1.82) is 0 Å². The van der Waals surface area contributed by atoms with E-state index in [-0.39, 0.29) is 5.91 Å². The smallest absolute Gasteiger partial charge is 0.226 e. The molecular weight excluding hydrogens is 290 g/mol. The van der Waals surface area contributed by atoms with E-state index in [1.54, 1.807) is 6.92 Å². The molecule has 2 aromatic rings. The molecule has 0 radical (unpaired) electrons. The number of carbonyl (C=O) groups excluding carboxylic acids is 1. The fourth-order valence-electron chi connectivity index (χ4n) is 3.18. The van der Waals surface area contributed by atoms with Gasteiger partial charge in [0, 0.05) is 25.9 Å². The van der Waals surface area contributed by atoms with Crippen LogP contribution in [0.2, 0.25) is 0 Å². The number of rotatable bonds is 5. The second kappa shape index (κ2) is 7.40. The highest BCUT2D eigenvalue weighted by Gasteiger charge is 2.23. The van der Waals surface area contributed by atoms with E-state index in [0.29, 0.717) is 30.5 Å². The molecule has 1 saturated heterocycles. The molecule has 1 aromatic heterocycles. The third-order valence-electron chi connectivity index (χ3n) is 4.47. The van der Waals surface area contributed by atoms with Gasteiger partial charge in [0.15, 0.2) is 5.82 Å². The minimum atomic E-state index is 0.243. The van der Waals surface area contributed by atoms with Gasteiger partial charge in [-0.15, -0.1) is 0 Å². The van der Waals surface area contributed by atoms with Crippen molar-refractivity contribution in [1.82, 2.24) is 15.0 Å². The van der Waals surface area contributed by atoms with Crippen molar-refractivity contribution in [3.05, 3.63) is 47.6 Å². The number of hydrogen-bond acceptors (Lipinski definition) is 4. The normalized spacial score (nSPS) is 15.8. The summed E-state index contributed by atoms with van der Waals surface area (Å²) in [5, 5.41) is 3.76. The predicted octanol–water partition coefficient (Wildman–Crippen LogP) is 3.11. The molecule has 23 heavy (non-hydrogen) atoms. The zero-order chi connectivity index (χ0) is 16.1. The lowest BCUT2D eigenvalue weighted by Crippen LogP contribution is -2.37. The van der Waals surface area contributed by atoms with Crippen molar-refractivity contribution in [3.8, 4) is 0 Å². The van der Waals surface area contributed by atoms with Gasteiger partial charge in [-0.05, 0) is 37.7 Å². The summed E-state index contributed by atoms with van der Waals surface area (Å²) in [5.41, 5.74) is 1.39. The van der Waals surface area contributed by atoms with E-state index in [1.165, 1.54) is 5.56 Å². The Labute approximate surface area is 136 Å². The maximum Gasteiger partial charge on any atom is 0.226 e. The zero-order valence-corrected chi connectivity index (χ0v) is 13.6. The van der Waals surface area contributed by atoms with E-state index in [0.717, 1.165) is 32.4 Å². The highest BCUT2D eigenvalue weighted by atomic mass is 16.5. The van der Waals surface area contributed by atoms with Crippen LogP contribution in [0.25, 0.3) is 0 Å². The van der Waals surface area contributed by atoms with Crippen molar-refractivity contribution in [3.63, 3.8) is 0 Å². The topological polar surface area (TPSA) is 59.2 Å². The van der Waals surface area contributed by atoms with Crippen LogP contribution < -0.4 is 0 Å². The summed E-state index contributed by atoms with van der Waals surface area (Å²) in [5.74, 6) is 2.10. The molecule has 1 aromatic carbocycles. The van der Waals surface area contributed by atoms with E-state index in [1.807, 2.05) is 11.0 Å². The van der Waals surface area contributed by atoms with Gasteiger partial charge in [0.2, 0.25) is 11.8 Å². The maximum atomic E-state index is 12.3. The van der Waals surface area contributed by atoms with E-state index < -0.39 is 0 Å². The summed E-state index contributed by atoms with van der Waals surface area (Å²) in [6.07, 6.45) is 4.10. The quantitative estimate of drug-likeness (QED) is 0.851. The second-order valence-electron chi connectivity index (χ2n) is 6.15. The third kappa shape index (κ3) is 4.18. The molecule has 0 aliphatic carbocycles. The van der Waals surface area contributed by atoms with Gasteiger partial charge in [0.1, 0.15) is 0 Å². The average Bonchev–Trinajstić information content (AvgIpc) is 3.01. The number of benzene rings is 1. The van der Waals surface area contributed by atoms with Gasteiger partial charge in [-0.3, -0.25) is 4.79 Å². The Morgan fingerprint density at radius 3 is 2.65 bits per heavy atom. The van der Waals surface area contributed by atoms with Crippen LogP contribution in [0.15, 0.2) is 34.9 Å². The van der Waals surface area contributed by atoms with Gasteiger partial charge >= 0.3 is 0 Å². The second-order valence-corrected chi connectivity index (χ2v) is 6.15. The van der Waals surface area contributed by atoms with Crippen molar-refractivity contribution >= 4 is 5.91 Å². The van der Waals surface area contributed by atoms with Gasteiger partial charge in [-0.1, -0.05) is 35.5 Å². The van der Waals surface area contributed by atoms with Crippen LogP contribution in [0.4, 0.5) is 0 Å². The highest BCUT2D eigenvalue weighted by molar-refractivity contribution is 5.76. The molecule has 0 saturated carbocycles. The summed E-state index contributed by atoms with van der Waals surface area (Å²) in [7, 11) is 0. The standard InChI is InChI=1S/C18H23N3O2/c1-14-19-17(23-20-14)8-5-9-18(22)21-12-10-16(11-13-21)15-6-3-2-4-7-15/h2-4,6-7,16H,5,8-13H2,1H3. The van der Waals surface area contributed by atoms with Crippen molar-refractivity contribution in [2.24, 2.45) is 0 Å². The third-order valence-corrected chi connectivity index (χ3v) is 4.47. The molecular formula is C18H23N3O2. The number of nitrogens with zero attached hydrogens (tertiary/aromatic N) is 3. The Hall–Kier alpha value is -2.17. The number of piperidine rings is 1. The number of likely N-dealkylation sites (tertiary alicyclic amines) is 1. The maximum absolute atomic E-state index is 12.3. The van der Waals surface area contributed by atoms with Crippen molar-refractivity contribution in [2.45, 2.75) is 44.9 Å². The Balaban J connectivity index is 1.41. The Kier molecular flexibility index (Phi) is 5.05. The van der Waals surface area contributed by atoms with Gasteiger partial charge in [0.05, 0.1) is 0 Å². The van der Waals surface area contributed by atoms with E-state index in [9.17, 15) is 4.79 Å². The van der Waals surface area contributed by atoms with Crippen molar-refractivity contribution in [2.75, 3.05) is 13.1 Å². The first-order valence-corrected chi connectivity index (χ1v) is 8.34. The van der Waals surface area contributed by atoms with Gasteiger partial charge in [-0.25, -0.2) is 0 Å². The summed E-state index contributed by atoms with van der Waals surface area (Å²) in [6.45, 7) is 3.52. The molecule has 0 spiro atoms. The first-order valence-electron chi connectivity index (χ1n) is 8.34. The van der Waals surface area contributed by atoms with Crippen LogP contribution in [0, 0.1) is 6.92 Å². The average molecular weight is 313 g/mol. The molecule has 5 heteroatoms. The summed E-state index contributed by atoms with van der Waals surface area (Å²) in [4.78, 5) is 18.5. The van der Waals surface area contributed by atoms with Crippen LogP contribution in [0.3, 0.4) is 0 Å². The molecule has 0 unspecified atom stereocenters. The number of amides is 1. The first-order chi connectivity index (χ1) is 11.2. The summed E-state index contributed by atoms with van der Waals surface area (Å²) in [6, 6.07) is 10.6.